The minimum atomic E-state index is 0.104. The number of nitrogens with zero attached hydrogens (tertiary/aromatic N) is 5. The van der Waals surface area contributed by atoms with E-state index >= 15 is 0 Å². The Morgan fingerprint density at radius 2 is 1.50 bits per heavy atom. The summed E-state index contributed by atoms with van der Waals surface area (Å²) in [6.07, 6.45) is 10.0. The quantitative estimate of drug-likeness (QED) is 0.162. The van der Waals surface area contributed by atoms with Crippen molar-refractivity contribution >= 4 is 29.1 Å². The van der Waals surface area contributed by atoms with Gasteiger partial charge < -0.3 is 20.1 Å². The summed E-state index contributed by atoms with van der Waals surface area (Å²) in [6.45, 7) is 0.490. The van der Waals surface area contributed by atoms with Crippen LogP contribution in [0.3, 0.4) is 0 Å². The lowest BCUT2D eigenvalue weighted by atomic mass is 9.98. The topological polar surface area (TPSA) is 135 Å². The van der Waals surface area contributed by atoms with Gasteiger partial charge >= 0.3 is 0 Å². The highest BCUT2D eigenvalue weighted by molar-refractivity contribution is 6.39. The maximum atomic E-state index is 11.5. The van der Waals surface area contributed by atoms with Gasteiger partial charge in [-0.1, -0.05) is 59.6 Å². The van der Waals surface area contributed by atoms with Gasteiger partial charge in [-0.3, -0.25) is 14.8 Å². The standard InChI is InChI=1S/C36H37Cl2N7O3/c1-47-35-28(11-3-6-22-14-15-32(46)43-22)41-18-29(44-35)26-9-4-7-24(33(26)37)25-8-5-10-27(34(25)38)30-19-42-31(36(45-30)48-2)20-40-23-13-12-21(16-23)17-39/h4-5,7-10,18-19,21-23,40H,3,6,11-16,20H2,1-2H3,(H,43,46)/t21-,22-,23+/m1/s1. The van der Waals surface area contributed by atoms with Crippen LogP contribution in [0.4, 0.5) is 0 Å². The number of nitriles is 1. The van der Waals surface area contributed by atoms with E-state index in [0.29, 0.717) is 69.4 Å². The molecule has 1 saturated carbocycles. The summed E-state index contributed by atoms with van der Waals surface area (Å²) in [6, 6.07) is 14.3. The molecular weight excluding hydrogens is 649 g/mol. The largest absolute Gasteiger partial charge is 0.480 e. The minimum Gasteiger partial charge on any atom is -0.480 e. The van der Waals surface area contributed by atoms with Crippen LogP contribution in [-0.2, 0) is 17.8 Å². The number of nitrogens with one attached hydrogen (secondary N) is 2. The molecule has 2 aromatic heterocycles. The molecule has 1 amide bonds. The lowest BCUT2D eigenvalue weighted by molar-refractivity contribution is -0.119. The van der Waals surface area contributed by atoms with Gasteiger partial charge in [-0.2, -0.15) is 5.26 Å². The van der Waals surface area contributed by atoms with Gasteiger partial charge in [-0.05, 0) is 44.9 Å². The summed E-state index contributed by atoms with van der Waals surface area (Å²) >= 11 is 14.1. The van der Waals surface area contributed by atoms with Crippen LogP contribution in [0.1, 0.15) is 56.3 Å². The smallest absolute Gasteiger partial charge is 0.237 e. The molecule has 10 nitrogen and oxygen atoms in total. The number of amides is 1. The number of carbonyl (C=O) groups is 1. The molecule has 1 saturated heterocycles. The number of benzene rings is 2. The van der Waals surface area contributed by atoms with Gasteiger partial charge in [0.1, 0.15) is 11.4 Å². The van der Waals surface area contributed by atoms with E-state index in [4.69, 9.17) is 42.6 Å². The molecule has 1 aliphatic carbocycles. The van der Waals surface area contributed by atoms with E-state index in [-0.39, 0.29) is 23.9 Å². The lowest BCUT2D eigenvalue weighted by Gasteiger charge is -2.16. The molecule has 2 aliphatic rings. The molecule has 2 aromatic carbocycles. The fourth-order valence-electron chi connectivity index (χ4n) is 6.48. The van der Waals surface area contributed by atoms with E-state index in [2.05, 4.69) is 26.7 Å². The Kier molecular flexibility index (Phi) is 10.7. The van der Waals surface area contributed by atoms with Crippen molar-refractivity contribution in [3.8, 4) is 51.5 Å². The van der Waals surface area contributed by atoms with E-state index in [1.807, 2.05) is 36.4 Å². The van der Waals surface area contributed by atoms with Crippen LogP contribution in [0.2, 0.25) is 10.0 Å². The first-order valence-electron chi connectivity index (χ1n) is 16.2. The van der Waals surface area contributed by atoms with Gasteiger partial charge in [0.25, 0.3) is 0 Å². The Labute approximate surface area is 290 Å². The van der Waals surface area contributed by atoms with Gasteiger partial charge in [-0.25, -0.2) is 9.97 Å². The first kappa shape index (κ1) is 33.6. The first-order chi connectivity index (χ1) is 23.4. The van der Waals surface area contributed by atoms with Crippen LogP contribution >= 0.6 is 23.2 Å². The molecule has 2 N–H and O–H groups in total. The number of carbonyl (C=O) groups excluding carboxylic acids is 1. The van der Waals surface area contributed by atoms with E-state index in [9.17, 15) is 10.1 Å². The molecule has 0 bridgehead atoms. The zero-order chi connectivity index (χ0) is 33.6. The second-order valence-corrected chi connectivity index (χ2v) is 12.9. The normalized spacial score (nSPS) is 18.8. The fourth-order valence-corrected chi connectivity index (χ4v) is 7.13. The third kappa shape index (κ3) is 7.39. The number of aromatic nitrogens is 4. The summed E-state index contributed by atoms with van der Waals surface area (Å²) in [5.41, 5.74) is 5.46. The monoisotopic (exact) mass is 685 g/mol. The van der Waals surface area contributed by atoms with E-state index < -0.39 is 0 Å². The van der Waals surface area contributed by atoms with Gasteiger partial charge in [0.2, 0.25) is 17.7 Å². The number of hydrogen-bond donors (Lipinski definition) is 2. The van der Waals surface area contributed by atoms with Crippen molar-refractivity contribution in [3.63, 3.8) is 0 Å². The molecule has 2 fully saturated rings. The molecule has 12 heteroatoms. The number of rotatable bonds is 12. The van der Waals surface area contributed by atoms with Crippen LogP contribution in [-0.4, -0.2) is 52.1 Å². The molecule has 3 heterocycles. The molecule has 1 aliphatic heterocycles. The van der Waals surface area contributed by atoms with Crippen LogP contribution in [0.15, 0.2) is 48.8 Å². The van der Waals surface area contributed by atoms with Crippen molar-refractivity contribution in [2.24, 2.45) is 5.92 Å². The van der Waals surface area contributed by atoms with E-state index in [1.165, 1.54) is 0 Å². The van der Waals surface area contributed by atoms with Crippen LogP contribution in [0, 0.1) is 17.2 Å². The number of ether oxygens (including phenoxy) is 2. The summed E-state index contributed by atoms with van der Waals surface area (Å²) < 4.78 is 11.2. The van der Waals surface area contributed by atoms with Crippen molar-refractivity contribution in [1.82, 2.24) is 30.6 Å². The lowest BCUT2D eigenvalue weighted by Crippen LogP contribution is -2.26. The zero-order valence-electron chi connectivity index (χ0n) is 26.9. The Morgan fingerprint density at radius 1 is 0.896 bits per heavy atom. The van der Waals surface area contributed by atoms with Crippen molar-refractivity contribution < 1.29 is 14.3 Å². The Bertz CT molecular complexity index is 1850. The predicted octanol–water partition coefficient (Wildman–Crippen LogP) is 6.97. The Balaban J connectivity index is 1.21. The van der Waals surface area contributed by atoms with Crippen molar-refractivity contribution in [2.75, 3.05) is 14.2 Å². The average Bonchev–Trinajstić information content (AvgIpc) is 3.76. The van der Waals surface area contributed by atoms with E-state index in [1.54, 1.807) is 26.6 Å². The maximum Gasteiger partial charge on any atom is 0.237 e. The summed E-state index contributed by atoms with van der Waals surface area (Å²) in [4.78, 5) is 30.4. The predicted molar refractivity (Wildman–Crippen MR) is 185 cm³/mol. The first-order valence-corrected chi connectivity index (χ1v) is 16.9. The fraction of sp³-hybridized carbons (Fsp3) is 0.389. The van der Waals surface area contributed by atoms with Gasteiger partial charge in [-0.15, -0.1) is 0 Å². The van der Waals surface area contributed by atoms with Crippen LogP contribution in [0.5, 0.6) is 11.8 Å². The van der Waals surface area contributed by atoms with Crippen LogP contribution < -0.4 is 20.1 Å². The average molecular weight is 687 g/mol. The Morgan fingerprint density at radius 3 is 2.06 bits per heavy atom. The molecule has 0 radical (unpaired) electrons. The second-order valence-electron chi connectivity index (χ2n) is 12.2. The van der Waals surface area contributed by atoms with Crippen LogP contribution in [0.25, 0.3) is 33.6 Å². The van der Waals surface area contributed by atoms with Crippen molar-refractivity contribution in [3.05, 3.63) is 70.2 Å². The number of methoxy groups -OCH3 is 2. The van der Waals surface area contributed by atoms with Gasteiger partial charge in [0.15, 0.2) is 0 Å². The van der Waals surface area contributed by atoms with Gasteiger partial charge in [0.05, 0.1) is 54.1 Å². The van der Waals surface area contributed by atoms with Crippen molar-refractivity contribution in [2.45, 2.75) is 70.0 Å². The second kappa shape index (κ2) is 15.3. The third-order valence-electron chi connectivity index (χ3n) is 9.07. The minimum absolute atomic E-state index is 0.104. The molecule has 4 aromatic rings. The molecular formula is C36H37Cl2N7O3. The number of hydrogen-bond acceptors (Lipinski definition) is 9. The molecule has 248 valence electrons. The molecule has 0 unspecified atom stereocenters. The van der Waals surface area contributed by atoms with Crippen molar-refractivity contribution in [1.29, 1.82) is 5.26 Å². The highest BCUT2D eigenvalue weighted by Crippen LogP contribution is 2.42. The third-order valence-corrected chi connectivity index (χ3v) is 9.89. The Hall–Kier alpha value is -4.30. The van der Waals surface area contributed by atoms with E-state index in [0.717, 1.165) is 55.3 Å². The summed E-state index contributed by atoms with van der Waals surface area (Å²) in [7, 11) is 3.16. The summed E-state index contributed by atoms with van der Waals surface area (Å²) in [5.74, 6) is 1.09. The highest BCUT2D eigenvalue weighted by atomic mass is 35.5. The molecule has 48 heavy (non-hydrogen) atoms. The highest BCUT2D eigenvalue weighted by Gasteiger charge is 2.25. The molecule has 6 rings (SSSR count). The zero-order valence-corrected chi connectivity index (χ0v) is 28.4. The van der Waals surface area contributed by atoms with Gasteiger partial charge in [0, 0.05) is 53.2 Å². The maximum absolute atomic E-state index is 11.5. The SMILES string of the molecule is COc1nc(-c2cccc(-c3cccc(-c4cnc(CN[C@H]5CC[C@@H](C#N)C5)c(OC)n4)c3Cl)c2Cl)cnc1CCC[C@@H]1CCC(=O)N1. The number of halogens is 2. The summed E-state index contributed by atoms with van der Waals surface area (Å²) in [5, 5.41) is 16.7. The molecule has 0 spiro atoms. The molecule has 3 atom stereocenters. The number of aryl methyl sites for hydroxylation is 1.